The van der Waals surface area contributed by atoms with Gasteiger partial charge in [0.15, 0.2) is 5.96 Å². The number of piperazine rings is 1. The molecule has 0 unspecified atom stereocenters. The van der Waals surface area contributed by atoms with Gasteiger partial charge in [-0.3, -0.25) is 9.98 Å². The Kier molecular flexibility index (Phi) is 6.34. The van der Waals surface area contributed by atoms with Crippen LogP contribution in [0.3, 0.4) is 0 Å². The van der Waals surface area contributed by atoms with Crippen LogP contribution in [-0.4, -0.2) is 55.6 Å². The largest absolute Gasteiger partial charge is 0.368 e. The fourth-order valence-corrected chi connectivity index (χ4v) is 3.33. The van der Waals surface area contributed by atoms with Gasteiger partial charge in [0.1, 0.15) is 0 Å². The molecule has 26 heavy (non-hydrogen) atoms. The summed E-state index contributed by atoms with van der Waals surface area (Å²) in [4.78, 5) is 13.5. The highest BCUT2D eigenvalue weighted by Crippen LogP contribution is 2.20. The molecule has 1 saturated heterocycles. The number of rotatable bonds is 4. The zero-order valence-electron chi connectivity index (χ0n) is 15.5. The fraction of sp³-hybridized carbons (Fsp3) is 0.400. The fourth-order valence-electron chi connectivity index (χ4n) is 3.15. The molecule has 1 fully saturated rings. The van der Waals surface area contributed by atoms with Crippen molar-refractivity contribution in [2.75, 3.05) is 44.7 Å². The van der Waals surface area contributed by atoms with Gasteiger partial charge in [0.25, 0.3) is 0 Å². The third-order valence-electron chi connectivity index (χ3n) is 4.63. The van der Waals surface area contributed by atoms with Crippen molar-refractivity contribution >= 4 is 23.2 Å². The van der Waals surface area contributed by atoms with Gasteiger partial charge >= 0.3 is 0 Å². The maximum atomic E-state index is 6.11. The number of pyridine rings is 1. The van der Waals surface area contributed by atoms with Crippen LogP contribution in [0.15, 0.2) is 47.6 Å². The van der Waals surface area contributed by atoms with E-state index in [1.54, 1.807) is 0 Å². The van der Waals surface area contributed by atoms with Gasteiger partial charge in [-0.1, -0.05) is 23.7 Å². The Balaban J connectivity index is 1.48. The summed E-state index contributed by atoms with van der Waals surface area (Å²) < 4.78 is 0. The highest BCUT2D eigenvalue weighted by molar-refractivity contribution is 6.30. The van der Waals surface area contributed by atoms with E-state index in [0.717, 1.165) is 55.8 Å². The number of halogens is 1. The van der Waals surface area contributed by atoms with Crippen molar-refractivity contribution in [1.29, 1.82) is 0 Å². The van der Waals surface area contributed by atoms with Crippen LogP contribution in [0.4, 0.5) is 5.69 Å². The first-order valence-corrected chi connectivity index (χ1v) is 9.41. The predicted molar refractivity (Wildman–Crippen MR) is 109 cm³/mol. The molecule has 1 aliphatic heterocycles. The molecule has 0 aliphatic carbocycles. The Bertz CT molecular complexity index is 736. The molecule has 0 bridgehead atoms. The predicted octanol–water partition coefficient (Wildman–Crippen LogP) is 2.98. The highest BCUT2D eigenvalue weighted by Gasteiger charge is 2.19. The number of hydrogen-bond acceptors (Lipinski definition) is 3. The van der Waals surface area contributed by atoms with Crippen molar-refractivity contribution in [2.45, 2.75) is 13.3 Å². The van der Waals surface area contributed by atoms with Crippen molar-refractivity contribution in [3.05, 3.63) is 58.9 Å². The molecule has 0 spiro atoms. The average molecular weight is 372 g/mol. The van der Waals surface area contributed by atoms with Crippen LogP contribution in [0.2, 0.25) is 5.02 Å². The van der Waals surface area contributed by atoms with Crippen LogP contribution in [0.1, 0.15) is 11.3 Å². The molecule has 6 heteroatoms. The van der Waals surface area contributed by atoms with Gasteiger partial charge in [-0.05, 0) is 43.2 Å². The lowest BCUT2D eigenvalue weighted by atomic mass is 10.2. The van der Waals surface area contributed by atoms with Crippen LogP contribution in [0.25, 0.3) is 0 Å². The SMILES string of the molecule is CN=C(NCCc1ccc(C)nc1)N1CCN(c2cccc(Cl)c2)CC1. The van der Waals surface area contributed by atoms with Crippen molar-refractivity contribution in [1.82, 2.24) is 15.2 Å². The van der Waals surface area contributed by atoms with E-state index in [1.807, 2.05) is 38.4 Å². The Morgan fingerprint density at radius 3 is 2.65 bits per heavy atom. The van der Waals surface area contributed by atoms with Gasteiger partial charge in [-0.25, -0.2) is 0 Å². The Morgan fingerprint density at radius 1 is 1.19 bits per heavy atom. The van der Waals surface area contributed by atoms with Crippen LogP contribution in [0.5, 0.6) is 0 Å². The van der Waals surface area contributed by atoms with Gasteiger partial charge in [0.2, 0.25) is 0 Å². The van der Waals surface area contributed by atoms with Crippen molar-refractivity contribution in [2.24, 2.45) is 4.99 Å². The quantitative estimate of drug-likeness (QED) is 0.662. The molecule has 0 radical (unpaired) electrons. The lowest BCUT2D eigenvalue weighted by molar-refractivity contribution is 0.373. The Labute approximate surface area is 160 Å². The Hall–Kier alpha value is -2.27. The van der Waals surface area contributed by atoms with Crippen LogP contribution in [0, 0.1) is 6.92 Å². The number of anilines is 1. The summed E-state index contributed by atoms with van der Waals surface area (Å²) in [5.74, 6) is 0.968. The Morgan fingerprint density at radius 2 is 2.00 bits per heavy atom. The normalized spacial score (nSPS) is 15.3. The zero-order valence-corrected chi connectivity index (χ0v) is 16.2. The summed E-state index contributed by atoms with van der Waals surface area (Å²) in [5.41, 5.74) is 3.48. The molecule has 1 N–H and O–H groups in total. The van der Waals surface area contributed by atoms with E-state index in [0.29, 0.717) is 0 Å². The number of hydrogen-bond donors (Lipinski definition) is 1. The zero-order chi connectivity index (χ0) is 18.4. The molecule has 138 valence electrons. The van der Waals surface area contributed by atoms with E-state index >= 15 is 0 Å². The smallest absolute Gasteiger partial charge is 0.193 e. The van der Waals surface area contributed by atoms with Gasteiger partial charge in [-0.15, -0.1) is 0 Å². The van der Waals surface area contributed by atoms with Crippen molar-refractivity contribution in [3.8, 4) is 0 Å². The highest BCUT2D eigenvalue weighted by atomic mass is 35.5. The lowest BCUT2D eigenvalue weighted by Gasteiger charge is -2.37. The molecule has 1 aromatic heterocycles. The first-order chi connectivity index (χ1) is 12.7. The summed E-state index contributed by atoms with van der Waals surface area (Å²) >= 11 is 6.11. The maximum Gasteiger partial charge on any atom is 0.193 e. The second-order valence-corrected chi connectivity index (χ2v) is 6.92. The minimum absolute atomic E-state index is 0.785. The van der Waals surface area contributed by atoms with Gasteiger partial charge in [0.05, 0.1) is 0 Å². The minimum Gasteiger partial charge on any atom is -0.368 e. The van der Waals surface area contributed by atoms with Crippen molar-refractivity contribution in [3.63, 3.8) is 0 Å². The third kappa shape index (κ3) is 4.88. The summed E-state index contributed by atoms with van der Waals surface area (Å²) in [7, 11) is 1.85. The molecule has 0 saturated carbocycles. The number of nitrogens with one attached hydrogen (secondary N) is 1. The maximum absolute atomic E-state index is 6.11. The van der Waals surface area contributed by atoms with Gasteiger partial charge in [0, 0.05) is 62.4 Å². The summed E-state index contributed by atoms with van der Waals surface area (Å²) in [5, 5.41) is 4.26. The number of nitrogens with zero attached hydrogens (tertiary/aromatic N) is 4. The monoisotopic (exact) mass is 371 g/mol. The van der Waals surface area contributed by atoms with E-state index in [9.17, 15) is 0 Å². The summed E-state index contributed by atoms with van der Waals surface area (Å²) in [6.45, 7) is 6.67. The molecule has 1 aromatic carbocycles. The van der Waals surface area contributed by atoms with E-state index in [2.05, 4.69) is 43.3 Å². The minimum atomic E-state index is 0.785. The number of guanidine groups is 1. The molecular weight excluding hydrogens is 346 g/mol. The molecule has 2 aromatic rings. The number of aryl methyl sites for hydroxylation is 1. The second kappa shape index (κ2) is 8.90. The summed E-state index contributed by atoms with van der Waals surface area (Å²) in [6.07, 6.45) is 2.89. The third-order valence-corrected chi connectivity index (χ3v) is 4.87. The first kappa shape index (κ1) is 18.5. The number of benzene rings is 1. The second-order valence-electron chi connectivity index (χ2n) is 6.49. The van der Waals surface area contributed by atoms with Crippen LogP contribution >= 0.6 is 11.6 Å². The van der Waals surface area contributed by atoms with E-state index < -0.39 is 0 Å². The molecule has 5 nitrogen and oxygen atoms in total. The number of aromatic nitrogens is 1. The average Bonchev–Trinajstić information content (AvgIpc) is 2.67. The topological polar surface area (TPSA) is 43.8 Å². The molecule has 0 atom stereocenters. The number of aliphatic imine (C=N–C) groups is 1. The lowest BCUT2D eigenvalue weighted by Crippen LogP contribution is -2.52. The molecule has 0 amide bonds. The summed E-state index contributed by atoms with van der Waals surface area (Å²) in [6, 6.07) is 12.3. The van der Waals surface area contributed by atoms with E-state index in [1.165, 1.54) is 11.3 Å². The van der Waals surface area contributed by atoms with E-state index in [4.69, 9.17) is 11.6 Å². The van der Waals surface area contributed by atoms with Gasteiger partial charge in [-0.2, -0.15) is 0 Å². The molecule has 1 aliphatic rings. The molecule has 3 rings (SSSR count). The standard InChI is InChI=1S/C20H26ClN5/c1-16-6-7-17(15-24-16)8-9-23-20(22-2)26-12-10-25(11-13-26)19-5-3-4-18(21)14-19/h3-7,14-15H,8-13H2,1-2H3,(H,22,23). The van der Waals surface area contributed by atoms with Gasteiger partial charge < -0.3 is 15.1 Å². The molecular formula is C20H26ClN5. The van der Waals surface area contributed by atoms with Crippen LogP contribution in [-0.2, 0) is 6.42 Å². The van der Waals surface area contributed by atoms with Crippen LogP contribution < -0.4 is 10.2 Å². The van der Waals surface area contributed by atoms with Crippen molar-refractivity contribution < 1.29 is 0 Å². The van der Waals surface area contributed by atoms with E-state index in [-0.39, 0.29) is 0 Å². The first-order valence-electron chi connectivity index (χ1n) is 9.03. The molecule has 2 heterocycles.